The zero-order valence-corrected chi connectivity index (χ0v) is 21.7. The second-order valence-electron chi connectivity index (χ2n) is 9.67. The fraction of sp³-hybridized carbons (Fsp3) is 0. The average Bonchev–Trinajstić information content (AvgIpc) is 3.39. The van der Waals surface area contributed by atoms with Gasteiger partial charge in [0, 0.05) is 36.9 Å². The first-order valence-corrected chi connectivity index (χ1v) is 13.8. The Labute approximate surface area is 229 Å². The fourth-order valence-corrected chi connectivity index (χ4v) is 6.59. The smallest absolute Gasteiger partial charge is 0.164 e. The van der Waals surface area contributed by atoms with Gasteiger partial charge < -0.3 is 0 Å². The van der Waals surface area contributed by atoms with Crippen molar-refractivity contribution in [2.75, 3.05) is 0 Å². The Morgan fingerprint density at radius 2 is 1.03 bits per heavy atom. The predicted octanol–water partition coefficient (Wildman–Crippen LogP) is 9.55. The first-order chi connectivity index (χ1) is 19.3. The topological polar surface area (TPSA) is 38.7 Å². The summed E-state index contributed by atoms with van der Waals surface area (Å²) >= 11 is 1.80. The van der Waals surface area contributed by atoms with Crippen LogP contribution in [0.25, 0.3) is 75.9 Å². The molecule has 0 saturated heterocycles. The fourth-order valence-electron chi connectivity index (χ4n) is 5.46. The Bertz CT molecular complexity index is 2190. The monoisotopic (exact) mass is 515 g/mol. The van der Waals surface area contributed by atoms with E-state index < -0.39 is 0 Å². The summed E-state index contributed by atoms with van der Waals surface area (Å²) in [5.74, 6) is 2.03. The number of thiophene rings is 1. The zero-order valence-electron chi connectivity index (χ0n) is 20.9. The van der Waals surface area contributed by atoms with E-state index in [0.717, 1.165) is 32.8 Å². The van der Waals surface area contributed by atoms with E-state index in [1.807, 2.05) is 0 Å². The van der Waals surface area contributed by atoms with Crippen molar-refractivity contribution in [2.45, 2.75) is 0 Å². The number of benzene rings is 6. The van der Waals surface area contributed by atoms with Crippen molar-refractivity contribution in [3.63, 3.8) is 0 Å². The SMILES string of the molecule is c1ccc2cc(-c3nc(-c4cccc5ccccc45)nc(-c4cccc5sc6ccccc6c45)n3)ccc2c1. The third-order valence-corrected chi connectivity index (χ3v) is 8.45. The van der Waals surface area contributed by atoms with Crippen LogP contribution in [0.2, 0.25) is 0 Å². The standard InChI is InChI=1S/C35H21N3S/c1-2-11-24-21-25(20-19-22(24)9-1)33-36-34(27-15-7-12-23-10-3-4-13-26(23)27)38-35(37-33)29-16-8-18-31-32(29)28-14-5-6-17-30(28)39-31/h1-21H. The van der Waals surface area contributed by atoms with Crippen LogP contribution in [-0.2, 0) is 0 Å². The Balaban J connectivity index is 1.43. The molecule has 0 fully saturated rings. The van der Waals surface area contributed by atoms with Gasteiger partial charge in [-0.15, -0.1) is 11.3 Å². The van der Waals surface area contributed by atoms with Crippen LogP contribution in [0.1, 0.15) is 0 Å². The van der Waals surface area contributed by atoms with Crippen LogP contribution < -0.4 is 0 Å². The maximum Gasteiger partial charge on any atom is 0.164 e. The molecule has 0 radical (unpaired) electrons. The minimum atomic E-state index is 0.672. The maximum atomic E-state index is 5.13. The van der Waals surface area contributed by atoms with Crippen LogP contribution in [-0.4, -0.2) is 15.0 Å². The van der Waals surface area contributed by atoms with Crippen molar-refractivity contribution in [1.82, 2.24) is 15.0 Å². The van der Waals surface area contributed by atoms with Gasteiger partial charge in [0.1, 0.15) is 0 Å². The molecule has 39 heavy (non-hydrogen) atoms. The lowest BCUT2D eigenvalue weighted by Crippen LogP contribution is -2.01. The van der Waals surface area contributed by atoms with Gasteiger partial charge in [-0.3, -0.25) is 0 Å². The second kappa shape index (κ2) is 8.83. The quantitative estimate of drug-likeness (QED) is 0.235. The van der Waals surface area contributed by atoms with Crippen molar-refractivity contribution in [3.8, 4) is 34.2 Å². The van der Waals surface area contributed by atoms with E-state index in [2.05, 4.69) is 127 Å². The molecule has 2 aromatic heterocycles. The van der Waals surface area contributed by atoms with E-state index >= 15 is 0 Å². The van der Waals surface area contributed by atoms with Crippen molar-refractivity contribution in [2.24, 2.45) is 0 Å². The van der Waals surface area contributed by atoms with Crippen molar-refractivity contribution >= 4 is 53.1 Å². The molecule has 0 saturated carbocycles. The molecular formula is C35H21N3S. The van der Waals surface area contributed by atoms with Gasteiger partial charge in [0.15, 0.2) is 17.5 Å². The molecule has 0 bridgehead atoms. The Hall–Kier alpha value is -4.93. The summed E-state index contributed by atoms with van der Waals surface area (Å²) in [6.07, 6.45) is 0. The number of aromatic nitrogens is 3. The molecule has 0 N–H and O–H groups in total. The highest BCUT2D eigenvalue weighted by atomic mass is 32.1. The number of fused-ring (bicyclic) bond motifs is 5. The lowest BCUT2D eigenvalue weighted by molar-refractivity contribution is 1.08. The lowest BCUT2D eigenvalue weighted by Gasteiger charge is -2.11. The van der Waals surface area contributed by atoms with Crippen LogP contribution in [0.5, 0.6) is 0 Å². The van der Waals surface area contributed by atoms with E-state index in [-0.39, 0.29) is 0 Å². The molecule has 3 nitrogen and oxygen atoms in total. The molecule has 8 rings (SSSR count). The lowest BCUT2D eigenvalue weighted by atomic mass is 10.0. The van der Waals surface area contributed by atoms with Crippen molar-refractivity contribution in [3.05, 3.63) is 127 Å². The summed E-state index contributed by atoms with van der Waals surface area (Å²) in [5, 5.41) is 7.06. The first kappa shape index (κ1) is 22.1. The minimum Gasteiger partial charge on any atom is -0.208 e. The van der Waals surface area contributed by atoms with Gasteiger partial charge >= 0.3 is 0 Å². The number of rotatable bonds is 3. The highest BCUT2D eigenvalue weighted by molar-refractivity contribution is 7.25. The highest BCUT2D eigenvalue weighted by Crippen LogP contribution is 2.40. The molecule has 182 valence electrons. The molecule has 0 amide bonds. The van der Waals surface area contributed by atoms with Gasteiger partial charge in [0.25, 0.3) is 0 Å². The average molecular weight is 516 g/mol. The molecular weight excluding hydrogens is 494 g/mol. The molecule has 4 heteroatoms. The van der Waals surface area contributed by atoms with Crippen LogP contribution in [0, 0.1) is 0 Å². The van der Waals surface area contributed by atoms with Gasteiger partial charge in [-0.2, -0.15) is 0 Å². The summed E-state index contributed by atoms with van der Waals surface area (Å²) in [4.78, 5) is 15.3. The normalized spacial score (nSPS) is 11.6. The van der Waals surface area contributed by atoms with Crippen LogP contribution >= 0.6 is 11.3 Å². The van der Waals surface area contributed by atoms with E-state index in [0.29, 0.717) is 17.5 Å². The second-order valence-corrected chi connectivity index (χ2v) is 10.8. The van der Waals surface area contributed by atoms with E-state index in [4.69, 9.17) is 15.0 Å². The molecule has 8 aromatic rings. The summed E-state index contributed by atoms with van der Waals surface area (Å²) in [6.45, 7) is 0. The summed E-state index contributed by atoms with van der Waals surface area (Å²) in [7, 11) is 0. The van der Waals surface area contributed by atoms with Gasteiger partial charge in [0.05, 0.1) is 0 Å². The van der Waals surface area contributed by atoms with Crippen LogP contribution in [0.15, 0.2) is 127 Å². The van der Waals surface area contributed by atoms with Crippen LogP contribution in [0.3, 0.4) is 0 Å². The molecule has 0 aliphatic rings. The first-order valence-electron chi connectivity index (χ1n) is 13.0. The van der Waals surface area contributed by atoms with Crippen LogP contribution in [0.4, 0.5) is 0 Å². The molecule has 0 aliphatic carbocycles. The van der Waals surface area contributed by atoms with Gasteiger partial charge in [-0.05, 0) is 39.7 Å². The third-order valence-electron chi connectivity index (χ3n) is 7.32. The predicted molar refractivity (Wildman–Crippen MR) is 164 cm³/mol. The maximum absolute atomic E-state index is 5.13. The zero-order chi connectivity index (χ0) is 25.8. The highest BCUT2D eigenvalue weighted by Gasteiger charge is 2.17. The van der Waals surface area contributed by atoms with Gasteiger partial charge in [-0.1, -0.05) is 109 Å². The largest absolute Gasteiger partial charge is 0.208 e. The molecule has 6 aromatic carbocycles. The number of nitrogens with zero attached hydrogens (tertiary/aromatic N) is 3. The summed E-state index contributed by atoms with van der Waals surface area (Å²) < 4.78 is 2.49. The molecule has 0 unspecified atom stereocenters. The third kappa shape index (κ3) is 3.69. The van der Waals surface area contributed by atoms with E-state index in [9.17, 15) is 0 Å². The number of hydrogen-bond donors (Lipinski definition) is 0. The minimum absolute atomic E-state index is 0.672. The summed E-state index contributed by atoms with van der Waals surface area (Å²) in [5.41, 5.74) is 3.00. The molecule has 2 heterocycles. The van der Waals surface area contributed by atoms with E-state index in [1.54, 1.807) is 11.3 Å². The van der Waals surface area contributed by atoms with Gasteiger partial charge in [0.2, 0.25) is 0 Å². The number of hydrogen-bond acceptors (Lipinski definition) is 4. The van der Waals surface area contributed by atoms with Crippen molar-refractivity contribution in [1.29, 1.82) is 0 Å². The van der Waals surface area contributed by atoms with E-state index in [1.165, 1.54) is 25.6 Å². The van der Waals surface area contributed by atoms with Gasteiger partial charge in [-0.25, -0.2) is 15.0 Å². The Kier molecular flexibility index (Phi) is 5.00. The Morgan fingerprint density at radius 3 is 1.92 bits per heavy atom. The Morgan fingerprint density at radius 1 is 0.410 bits per heavy atom. The molecule has 0 atom stereocenters. The molecule has 0 spiro atoms. The summed E-state index contributed by atoms with van der Waals surface area (Å²) in [6, 6.07) is 44.5. The van der Waals surface area contributed by atoms with Crippen molar-refractivity contribution < 1.29 is 0 Å². The molecule has 0 aliphatic heterocycles.